The molecule has 1 nitrogen and oxygen atoms in total. The molecule has 6 atom stereocenters. The third kappa shape index (κ3) is 1.73. The summed E-state index contributed by atoms with van der Waals surface area (Å²) in [6.45, 7) is 11.1. The first-order chi connectivity index (χ1) is 9.91. The molecular formula is C20H34O. The van der Waals surface area contributed by atoms with Gasteiger partial charge in [0.15, 0.2) is 0 Å². The van der Waals surface area contributed by atoms with E-state index in [-0.39, 0.29) is 5.60 Å². The SMILES string of the molecule is CC(C)[C@@H]1CC[C@]2(C)[C@H](CC[C@H]3[C@]4(C)CCC[C@]32OC4)C1. The van der Waals surface area contributed by atoms with E-state index < -0.39 is 0 Å². The van der Waals surface area contributed by atoms with Crippen LogP contribution in [0, 0.1) is 34.5 Å². The fourth-order valence-electron chi connectivity index (χ4n) is 7.14. The molecular weight excluding hydrogens is 256 g/mol. The van der Waals surface area contributed by atoms with Crippen molar-refractivity contribution in [1.82, 2.24) is 0 Å². The lowest BCUT2D eigenvalue weighted by molar-refractivity contribution is -0.197. The van der Waals surface area contributed by atoms with Crippen molar-refractivity contribution in [3.63, 3.8) is 0 Å². The maximum absolute atomic E-state index is 6.74. The van der Waals surface area contributed by atoms with Crippen LogP contribution in [0.5, 0.6) is 0 Å². The summed E-state index contributed by atoms with van der Waals surface area (Å²) in [4.78, 5) is 0. The van der Waals surface area contributed by atoms with Gasteiger partial charge in [0, 0.05) is 0 Å². The Balaban J connectivity index is 1.68. The van der Waals surface area contributed by atoms with Crippen LogP contribution < -0.4 is 0 Å². The highest BCUT2D eigenvalue weighted by Gasteiger charge is 2.69. The van der Waals surface area contributed by atoms with E-state index in [9.17, 15) is 0 Å². The van der Waals surface area contributed by atoms with Crippen molar-refractivity contribution in [2.45, 2.75) is 84.7 Å². The standard InChI is InChI=1S/C20H34O/c1-14(2)15-8-11-19(4)16(12-15)6-7-17-18(3)9-5-10-20(17,19)21-13-18/h14-17H,5-13H2,1-4H3/t15-,16-,17+,18-,19-,20+/m1/s1. The van der Waals surface area contributed by atoms with E-state index in [1.807, 2.05) is 0 Å². The molecule has 0 amide bonds. The molecule has 1 saturated heterocycles. The Morgan fingerprint density at radius 2 is 1.81 bits per heavy atom. The highest BCUT2D eigenvalue weighted by molar-refractivity contribution is 5.18. The first-order valence-corrected chi connectivity index (χ1v) is 9.55. The first kappa shape index (κ1) is 14.5. The molecule has 1 aliphatic heterocycles. The van der Waals surface area contributed by atoms with Crippen LogP contribution in [0.15, 0.2) is 0 Å². The van der Waals surface area contributed by atoms with Gasteiger partial charge in [-0.3, -0.25) is 0 Å². The predicted molar refractivity (Wildman–Crippen MR) is 87.1 cm³/mol. The van der Waals surface area contributed by atoms with Gasteiger partial charge in [-0.05, 0) is 85.9 Å². The zero-order valence-corrected chi connectivity index (χ0v) is 14.6. The topological polar surface area (TPSA) is 9.23 Å². The van der Waals surface area contributed by atoms with Crippen LogP contribution in [0.2, 0.25) is 0 Å². The summed E-state index contributed by atoms with van der Waals surface area (Å²) in [6, 6.07) is 0. The van der Waals surface area contributed by atoms with E-state index in [2.05, 4.69) is 27.7 Å². The van der Waals surface area contributed by atoms with E-state index in [4.69, 9.17) is 4.74 Å². The Morgan fingerprint density at radius 1 is 1.00 bits per heavy atom. The summed E-state index contributed by atoms with van der Waals surface area (Å²) >= 11 is 0. The molecule has 4 fully saturated rings. The minimum absolute atomic E-state index is 0.255. The van der Waals surface area contributed by atoms with Gasteiger partial charge in [-0.2, -0.15) is 0 Å². The van der Waals surface area contributed by atoms with Crippen molar-refractivity contribution < 1.29 is 4.74 Å². The molecule has 120 valence electrons. The zero-order valence-electron chi connectivity index (χ0n) is 14.6. The monoisotopic (exact) mass is 290 g/mol. The second kappa shape index (κ2) is 4.49. The van der Waals surface area contributed by atoms with E-state index >= 15 is 0 Å². The lowest BCUT2D eigenvalue weighted by Crippen LogP contribution is -2.62. The molecule has 4 aliphatic rings. The molecule has 0 N–H and O–H groups in total. The van der Waals surface area contributed by atoms with Crippen molar-refractivity contribution in [2.24, 2.45) is 34.5 Å². The molecule has 1 heteroatoms. The molecule has 2 bridgehead atoms. The van der Waals surface area contributed by atoms with Crippen molar-refractivity contribution in [3.05, 3.63) is 0 Å². The molecule has 0 spiro atoms. The Hall–Kier alpha value is -0.0400. The van der Waals surface area contributed by atoms with Gasteiger partial charge in [0.05, 0.1) is 12.2 Å². The largest absolute Gasteiger partial charge is 0.374 e. The van der Waals surface area contributed by atoms with Crippen LogP contribution in [0.4, 0.5) is 0 Å². The third-order valence-electron chi connectivity index (χ3n) is 8.60. The van der Waals surface area contributed by atoms with E-state index in [1.165, 1.54) is 51.4 Å². The molecule has 0 unspecified atom stereocenters. The maximum atomic E-state index is 6.74. The Kier molecular flexibility index (Phi) is 3.11. The molecule has 1 heterocycles. The van der Waals surface area contributed by atoms with Gasteiger partial charge in [0.25, 0.3) is 0 Å². The predicted octanol–water partition coefficient (Wildman–Crippen LogP) is 5.43. The van der Waals surface area contributed by atoms with Gasteiger partial charge in [-0.15, -0.1) is 0 Å². The molecule has 3 saturated carbocycles. The summed E-state index contributed by atoms with van der Waals surface area (Å²) in [5, 5.41) is 0. The van der Waals surface area contributed by atoms with Crippen LogP contribution in [-0.4, -0.2) is 12.2 Å². The molecule has 0 aromatic rings. The number of hydrogen-bond acceptors (Lipinski definition) is 1. The molecule has 21 heavy (non-hydrogen) atoms. The van der Waals surface area contributed by atoms with E-state index in [1.54, 1.807) is 0 Å². The lowest BCUT2D eigenvalue weighted by Gasteiger charge is -2.62. The maximum Gasteiger partial charge on any atom is 0.0772 e. The van der Waals surface area contributed by atoms with Crippen LogP contribution in [0.3, 0.4) is 0 Å². The Morgan fingerprint density at radius 3 is 2.57 bits per heavy atom. The van der Waals surface area contributed by atoms with Crippen LogP contribution in [0.25, 0.3) is 0 Å². The minimum atomic E-state index is 0.255. The number of fused-ring (bicyclic) bond motifs is 1. The molecule has 0 aromatic heterocycles. The normalized spacial score (nSPS) is 56.1. The van der Waals surface area contributed by atoms with Gasteiger partial charge in [-0.25, -0.2) is 0 Å². The van der Waals surface area contributed by atoms with E-state index in [0.29, 0.717) is 10.8 Å². The number of ether oxygens (including phenoxy) is 1. The summed E-state index contributed by atoms with van der Waals surface area (Å²) < 4.78 is 6.74. The molecule has 0 radical (unpaired) electrons. The Labute approximate surface area is 131 Å². The lowest BCUT2D eigenvalue weighted by atomic mass is 9.43. The number of hydrogen-bond donors (Lipinski definition) is 0. The molecule has 4 rings (SSSR count). The fraction of sp³-hybridized carbons (Fsp3) is 1.00. The van der Waals surface area contributed by atoms with Gasteiger partial charge >= 0.3 is 0 Å². The third-order valence-corrected chi connectivity index (χ3v) is 8.60. The van der Waals surface area contributed by atoms with Gasteiger partial charge in [0.1, 0.15) is 0 Å². The highest BCUT2D eigenvalue weighted by Crippen LogP contribution is 2.70. The average Bonchev–Trinajstić information content (AvgIpc) is 2.62. The van der Waals surface area contributed by atoms with Crippen LogP contribution in [0.1, 0.15) is 79.1 Å². The highest BCUT2D eigenvalue weighted by atomic mass is 16.5. The average molecular weight is 290 g/mol. The van der Waals surface area contributed by atoms with Crippen LogP contribution in [-0.2, 0) is 4.74 Å². The van der Waals surface area contributed by atoms with Crippen LogP contribution >= 0.6 is 0 Å². The second-order valence-electron chi connectivity index (χ2n) is 9.71. The zero-order chi connectivity index (χ0) is 14.9. The smallest absolute Gasteiger partial charge is 0.0772 e. The summed E-state index contributed by atoms with van der Waals surface area (Å²) in [5.74, 6) is 3.62. The summed E-state index contributed by atoms with van der Waals surface area (Å²) in [7, 11) is 0. The van der Waals surface area contributed by atoms with Crippen molar-refractivity contribution in [2.75, 3.05) is 6.61 Å². The van der Waals surface area contributed by atoms with Crippen molar-refractivity contribution in [1.29, 1.82) is 0 Å². The van der Waals surface area contributed by atoms with Gasteiger partial charge < -0.3 is 4.74 Å². The molecule has 0 aromatic carbocycles. The first-order valence-electron chi connectivity index (χ1n) is 9.55. The minimum Gasteiger partial charge on any atom is -0.374 e. The van der Waals surface area contributed by atoms with Crippen molar-refractivity contribution >= 4 is 0 Å². The molecule has 3 aliphatic carbocycles. The fourth-order valence-corrected chi connectivity index (χ4v) is 7.14. The Bertz CT molecular complexity index is 430. The summed E-state index contributed by atoms with van der Waals surface area (Å²) in [5.41, 5.74) is 1.23. The van der Waals surface area contributed by atoms with Crippen molar-refractivity contribution in [3.8, 4) is 0 Å². The second-order valence-corrected chi connectivity index (χ2v) is 9.71. The number of rotatable bonds is 1. The summed E-state index contributed by atoms with van der Waals surface area (Å²) in [6.07, 6.45) is 11.4. The quantitative estimate of drug-likeness (QED) is 0.625. The van der Waals surface area contributed by atoms with Gasteiger partial charge in [0.2, 0.25) is 0 Å². The van der Waals surface area contributed by atoms with E-state index in [0.717, 1.165) is 30.3 Å². The van der Waals surface area contributed by atoms with Gasteiger partial charge in [-0.1, -0.05) is 27.7 Å².